The summed E-state index contributed by atoms with van der Waals surface area (Å²) in [5, 5.41) is 0.772. The number of hydrogen-bond donors (Lipinski definition) is 0. The van der Waals surface area contributed by atoms with E-state index in [1.807, 2.05) is 66.7 Å². The van der Waals surface area contributed by atoms with Gasteiger partial charge in [-0.25, -0.2) is 9.78 Å². The van der Waals surface area contributed by atoms with Gasteiger partial charge in [-0.2, -0.15) is 0 Å². The molecule has 0 spiro atoms. The predicted molar refractivity (Wildman–Crippen MR) is 106 cm³/mol. The molecule has 0 aliphatic heterocycles. The molecule has 0 unspecified atom stereocenters. The molecule has 0 N–H and O–H groups in total. The number of fused-ring (bicyclic) bond motifs is 1. The van der Waals surface area contributed by atoms with Crippen LogP contribution in [0.2, 0.25) is 0 Å². The first-order chi connectivity index (χ1) is 12.7. The smallest absolute Gasteiger partial charge is 0.344 e. The molecule has 0 saturated carbocycles. The Kier molecular flexibility index (Phi) is 4.50. The molecule has 1 aromatic heterocycles. The highest BCUT2D eigenvalue weighted by Gasteiger charge is 2.16. The Morgan fingerprint density at radius 3 is 2.31 bits per heavy atom. The van der Waals surface area contributed by atoms with E-state index in [9.17, 15) is 4.79 Å². The average Bonchev–Trinajstić information content (AvgIpc) is 2.69. The van der Waals surface area contributed by atoms with Crippen LogP contribution in [0.3, 0.4) is 0 Å². The Morgan fingerprint density at radius 1 is 0.846 bits per heavy atom. The second kappa shape index (κ2) is 7.10. The van der Waals surface area contributed by atoms with E-state index in [1.165, 1.54) is 0 Å². The highest BCUT2D eigenvalue weighted by molar-refractivity contribution is 9.10. The number of carbonyl (C=O) groups excluding carboxylic acids is 1. The van der Waals surface area contributed by atoms with E-state index in [0.29, 0.717) is 11.3 Å². The summed E-state index contributed by atoms with van der Waals surface area (Å²) in [4.78, 5) is 17.5. The number of rotatable bonds is 3. The summed E-state index contributed by atoms with van der Waals surface area (Å²) in [6, 6.07) is 26.4. The summed E-state index contributed by atoms with van der Waals surface area (Å²) in [5.74, 6) is 0.100. The third kappa shape index (κ3) is 3.37. The van der Waals surface area contributed by atoms with E-state index in [-0.39, 0.29) is 0 Å². The minimum Gasteiger partial charge on any atom is -0.423 e. The van der Waals surface area contributed by atoms with Crippen LogP contribution in [0.1, 0.15) is 10.4 Å². The summed E-state index contributed by atoms with van der Waals surface area (Å²) in [6.45, 7) is 0. The van der Waals surface area contributed by atoms with Gasteiger partial charge in [0.2, 0.25) is 0 Å². The van der Waals surface area contributed by atoms with E-state index in [1.54, 1.807) is 18.2 Å². The minimum atomic E-state index is -0.400. The van der Waals surface area contributed by atoms with Gasteiger partial charge >= 0.3 is 5.97 Å². The molecule has 0 saturated heterocycles. The second-order valence-electron chi connectivity index (χ2n) is 5.78. The number of esters is 1. The second-order valence-corrected chi connectivity index (χ2v) is 6.70. The molecule has 4 heteroatoms. The third-order valence-corrected chi connectivity index (χ3v) is 4.56. The fourth-order valence-electron chi connectivity index (χ4n) is 2.77. The topological polar surface area (TPSA) is 39.2 Å². The summed E-state index contributed by atoms with van der Waals surface area (Å²) < 4.78 is 6.50. The van der Waals surface area contributed by atoms with Gasteiger partial charge in [-0.05, 0) is 36.4 Å². The zero-order valence-corrected chi connectivity index (χ0v) is 15.3. The molecule has 3 nitrogen and oxygen atoms in total. The van der Waals surface area contributed by atoms with Crippen molar-refractivity contribution in [1.29, 1.82) is 0 Å². The van der Waals surface area contributed by atoms with Gasteiger partial charge < -0.3 is 4.74 Å². The molecule has 4 rings (SSSR count). The van der Waals surface area contributed by atoms with Crippen molar-refractivity contribution in [3.63, 3.8) is 0 Å². The van der Waals surface area contributed by atoms with Gasteiger partial charge in [0.1, 0.15) is 5.75 Å². The highest BCUT2D eigenvalue weighted by atomic mass is 79.9. The first kappa shape index (κ1) is 16.5. The fourth-order valence-corrected chi connectivity index (χ4v) is 3.03. The number of halogens is 1. The van der Waals surface area contributed by atoms with E-state index in [2.05, 4.69) is 15.9 Å². The van der Waals surface area contributed by atoms with Crippen molar-refractivity contribution in [1.82, 2.24) is 4.98 Å². The van der Waals surface area contributed by atoms with Crippen LogP contribution in [0.15, 0.2) is 89.4 Å². The molecule has 26 heavy (non-hydrogen) atoms. The normalized spacial score (nSPS) is 10.7. The maximum absolute atomic E-state index is 12.8. The van der Waals surface area contributed by atoms with Gasteiger partial charge in [0.25, 0.3) is 0 Å². The lowest BCUT2D eigenvalue weighted by atomic mass is 10.0. The minimum absolute atomic E-state index is 0.400. The maximum atomic E-state index is 12.8. The van der Waals surface area contributed by atoms with E-state index in [0.717, 1.165) is 26.6 Å². The van der Waals surface area contributed by atoms with Crippen molar-refractivity contribution in [2.75, 3.05) is 0 Å². The molecule has 1 heterocycles. The maximum Gasteiger partial charge on any atom is 0.344 e. The van der Waals surface area contributed by atoms with Crippen molar-refractivity contribution in [2.45, 2.75) is 0 Å². The lowest BCUT2D eigenvalue weighted by molar-refractivity contribution is 0.0737. The van der Waals surface area contributed by atoms with Gasteiger partial charge in [0, 0.05) is 15.4 Å². The Hall–Kier alpha value is -2.98. The SMILES string of the molecule is O=C(Oc1ccc(Br)cc1)c1cc(-c2ccccc2)nc2ccccc12. The van der Waals surface area contributed by atoms with Crippen molar-refractivity contribution in [3.05, 3.63) is 95.0 Å². The van der Waals surface area contributed by atoms with Gasteiger partial charge in [-0.1, -0.05) is 64.5 Å². The molecule has 0 fully saturated rings. The zero-order chi connectivity index (χ0) is 17.9. The number of para-hydroxylation sites is 1. The number of benzene rings is 3. The van der Waals surface area contributed by atoms with Crippen LogP contribution in [0.4, 0.5) is 0 Å². The fraction of sp³-hybridized carbons (Fsp3) is 0. The number of pyridine rings is 1. The van der Waals surface area contributed by atoms with Crippen LogP contribution >= 0.6 is 15.9 Å². The quantitative estimate of drug-likeness (QED) is 0.316. The first-order valence-corrected chi connectivity index (χ1v) is 8.93. The van der Waals surface area contributed by atoms with Gasteiger partial charge in [0.05, 0.1) is 16.8 Å². The summed E-state index contributed by atoms with van der Waals surface area (Å²) in [7, 11) is 0. The van der Waals surface area contributed by atoms with E-state index >= 15 is 0 Å². The predicted octanol–water partition coefficient (Wildman–Crippen LogP) is 5.88. The third-order valence-electron chi connectivity index (χ3n) is 4.03. The van der Waals surface area contributed by atoms with Crippen LogP contribution in [-0.2, 0) is 0 Å². The Balaban J connectivity index is 1.79. The molecule has 0 bridgehead atoms. The molecule has 0 amide bonds. The number of aromatic nitrogens is 1. The monoisotopic (exact) mass is 403 g/mol. The van der Waals surface area contributed by atoms with Crippen LogP contribution < -0.4 is 4.74 Å². The first-order valence-electron chi connectivity index (χ1n) is 8.14. The average molecular weight is 404 g/mol. The van der Waals surface area contributed by atoms with Crippen LogP contribution in [-0.4, -0.2) is 11.0 Å². The molecule has 4 aromatic rings. The molecular weight excluding hydrogens is 390 g/mol. The van der Waals surface area contributed by atoms with E-state index in [4.69, 9.17) is 9.72 Å². The number of hydrogen-bond acceptors (Lipinski definition) is 3. The molecule has 126 valence electrons. The molecule has 0 aliphatic carbocycles. The molecular formula is C22H14BrNO2. The standard InChI is InChI=1S/C22H14BrNO2/c23-16-10-12-17(13-11-16)26-22(25)19-14-21(15-6-2-1-3-7-15)24-20-9-5-4-8-18(19)20/h1-14H. The summed E-state index contributed by atoms with van der Waals surface area (Å²) >= 11 is 3.38. The van der Waals surface area contributed by atoms with Crippen molar-refractivity contribution < 1.29 is 9.53 Å². The molecule has 3 aromatic carbocycles. The number of ether oxygens (including phenoxy) is 1. The Labute approximate surface area is 159 Å². The number of nitrogens with zero attached hydrogens (tertiary/aromatic N) is 1. The highest BCUT2D eigenvalue weighted by Crippen LogP contribution is 2.26. The van der Waals surface area contributed by atoms with Crippen molar-refractivity contribution in [2.24, 2.45) is 0 Å². The van der Waals surface area contributed by atoms with Crippen molar-refractivity contribution in [3.8, 4) is 17.0 Å². The number of carbonyl (C=O) groups is 1. The largest absolute Gasteiger partial charge is 0.423 e. The van der Waals surface area contributed by atoms with Gasteiger partial charge in [-0.3, -0.25) is 0 Å². The summed E-state index contributed by atoms with van der Waals surface area (Å²) in [5.41, 5.74) is 2.96. The van der Waals surface area contributed by atoms with Crippen LogP contribution in [0.5, 0.6) is 5.75 Å². The van der Waals surface area contributed by atoms with E-state index < -0.39 is 5.97 Å². The van der Waals surface area contributed by atoms with Crippen molar-refractivity contribution >= 4 is 32.8 Å². The van der Waals surface area contributed by atoms with Gasteiger partial charge in [-0.15, -0.1) is 0 Å². The summed E-state index contributed by atoms with van der Waals surface area (Å²) in [6.07, 6.45) is 0. The Morgan fingerprint density at radius 2 is 1.54 bits per heavy atom. The molecule has 0 aliphatic rings. The lowest BCUT2D eigenvalue weighted by Gasteiger charge is -2.10. The lowest BCUT2D eigenvalue weighted by Crippen LogP contribution is -2.10. The zero-order valence-electron chi connectivity index (χ0n) is 13.7. The Bertz CT molecular complexity index is 1080. The molecule has 0 radical (unpaired) electrons. The van der Waals surface area contributed by atoms with Crippen LogP contribution in [0, 0.1) is 0 Å². The molecule has 0 atom stereocenters. The van der Waals surface area contributed by atoms with Gasteiger partial charge in [0.15, 0.2) is 0 Å². The van der Waals surface area contributed by atoms with Crippen LogP contribution in [0.25, 0.3) is 22.2 Å².